The summed E-state index contributed by atoms with van der Waals surface area (Å²) in [5, 5.41) is 0. The van der Waals surface area contributed by atoms with Gasteiger partial charge < -0.3 is 15.4 Å². The van der Waals surface area contributed by atoms with Crippen molar-refractivity contribution in [2.24, 2.45) is 11.7 Å². The summed E-state index contributed by atoms with van der Waals surface area (Å²) in [6.45, 7) is 0.415. The fraction of sp³-hybridized carbons (Fsp3) is 0.588. The average molecular weight is 317 g/mol. The molecule has 0 unspecified atom stereocenters. The molecule has 6 nitrogen and oxygen atoms in total. The monoisotopic (exact) mass is 317 g/mol. The number of carbonyl (C=O) groups is 2. The van der Waals surface area contributed by atoms with E-state index in [4.69, 9.17) is 10.5 Å². The number of nitrogens with zero attached hydrogens (tertiary/aromatic N) is 2. The summed E-state index contributed by atoms with van der Waals surface area (Å²) in [6, 6.07) is 3.05. The maximum absolute atomic E-state index is 12.8. The van der Waals surface area contributed by atoms with Gasteiger partial charge in [0.25, 0.3) is 0 Å². The molecule has 0 radical (unpaired) electrons. The molecule has 2 heterocycles. The molecule has 0 bridgehead atoms. The van der Waals surface area contributed by atoms with E-state index in [9.17, 15) is 9.59 Å². The summed E-state index contributed by atoms with van der Waals surface area (Å²) in [6.07, 6.45) is 8.71. The molecule has 1 aromatic heterocycles. The highest BCUT2D eigenvalue weighted by Gasteiger charge is 2.41. The van der Waals surface area contributed by atoms with E-state index in [1.54, 1.807) is 23.4 Å². The van der Waals surface area contributed by atoms with Crippen molar-refractivity contribution in [1.29, 1.82) is 0 Å². The minimum Gasteiger partial charge on any atom is -0.487 e. The van der Waals surface area contributed by atoms with Crippen LogP contribution in [0, 0.1) is 5.92 Å². The molecule has 1 aliphatic heterocycles. The highest BCUT2D eigenvalue weighted by molar-refractivity contribution is 5.88. The molecule has 2 atom stereocenters. The number of nitrogens with two attached hydrogens (primary N) is 1. The van der Waals surface area contributed by atoms with E-state index in [0.717, 1.165) is 25.7 Å². The largest absolute Gasteiger partial charge is 0.487 e. The SMILES string of the molecule is NC(=O)[C@@H]1C[C@H](Oc2cccnc2)CN1C(=O)C1CCCCC1. The lowest BCUT2D eigenvalue weighted by atomic mass is 9.88. The Bertz CT molecular complexity index is 557. The molecule has 1 aromatic rings. The summed E-state index contributed by atoms with van der Waals surface area (Å²) >= 11 is 0. The summed E-state index contributed by atoms with van der Waals surface area (Å²) in [5.41, 5.74) is 5.51. The van der Waals surface area contributed by atoms with Crippen molar-refractivity contribution >= 4 is 11.8 Å². The molecule has 0 aromatic carbocycles. The molecule has 6 heteroatoms. The summed E-state index contributed by atoms with van der Waals surface area (Å²) in [4.78, 5) is 30.2. The van der Waals surface area contributed by atoms with Gasteiger partial charge in [-0.2, -0.15) is 0 Å². The number of aromatic nitrogens is 1. The smallest absolute Gasteiger partial charge is 0.240 e. The van der Waals surface area contributed by atoms with Gasteiger partial charge in [-0.3, -0.25) is 14.6 Å². The number of primary amides is 1. The van der Waals surface area contributed by atoms with Crippen molar-refractivity contribution < 1.29 is 14.3 Å². The molecule has 1 aliphatic carbocycles. The lowest BCUT2D eigenvalue weighted by Crippen LogP contribution is -2.46. The zero-order valence-corrected chi connectivity index (χ0v) is 13.2. The van der Waals surface area contributed by atoms with Crippen LogP contribution in [-0.2, 0) is 9.59 Å². The molecule has 3 rings (SSSR count). The van der Waals surface area contributed by atoms with Crippen LogP contribution < -0.4 is 10.5 Å². The molecule has 2 N–H and O–H groups in total. The second-order valence-corrected chi connectivity index (χ2v) is 6.41. The van der Waals surface area contributed by atoms with Crippen LogP contribution in [0.5, 0.6) is 5.75 Å². The number of hydrogen-bond acceptors (Lipinski definition) is 4. The molecule has 1 saturated heterocycles. The van der Waals surface area contributed by atoms with Crippen LogP contribution in [0.1, 0.15) is 38.5 Å². The summed E-state index contributed by atoms with van der Waals surface area (Å²) in [7, 11) is 0. The molecule has 2 fully saturated rings. The van der Waals surface area contributed by atoms with E-state index in [2.05, 4.69) is 4.98 Å². The number of amides is 2. The Hall–Kier alpha value is -2.11. The van der Waals surface area contributed by atoms with Crippen LogP contribution >= 0.6 is 0 Å². The van der Waals surface area contributed by atoms with E-state index in [1.165, 1.54) is 6.42 Å². The second kappa shape index (κ2) is 6.98. The van der Waals surface area contributed by atoms with E-state index in [1.807, 2.05) is 6.07 Å². The van der Waals surface area contributed by atoms with Crippen molar-refractivity contribution in [2.45, 2.75) is 50.7 Å². The molecule has 2 aliphatic rings. The molecule has 2 amide bonds. The zero-order valence-electron chi connectivity index (χ0n) is 13.2. The minimum absolute atomic E-state index is 0.0303. The molecule has 124 valence electrons. The van der Waals surface area contributed by atoms with Gasteiger partial charge in [0, 0.05) is 18.5 Å². The Morgan fingerprint density at radius 2 is 2.04 bits per heavy atom. The van der Waals surface area contributed by atoms with Gasteiger partial charge in [-0.25, -0.2) is 0 Å². The number of hydrogen-bond donors (Lipinski definition) is 1. The quantitative estimate of drug-likeness (QED) is 0.912. The highest BCUT2D eigenvalue weighted by atomic mass is 16.5. The van der Waals surface area contributed by atoms with Gasteiger partial charge >= 0.3 is 0 Å². The first kappa shape index (κ1) is 15.8. The predicted octanol–water partition coefficient (Wildman–Crippen LogP) is 1.50. The summed E-state index contributed by atoms with van der Waals surface area (Å²) < 4.78 is 5.86. The second-order valence-electron chi connectivity index (χ2n) is 6.41. The molecule has 0 spiro atoms. The van der Waals surface area contributed by atoms with E-state index >= 15 is 0 Å². The third-order valence-electron chi connectivity index (χ3n) is 4.77. The van der Waals surface area contributed by atoms with Crippen LogP contribution in [0.15, 0.2) is 24.5 Å². The Morgan fingerprint density at radius 1 is 1.26 bits per heavy atom. The van der Waals surface area contributed by atoms with E-state index < -0.39 is 11.9 Å². The van der Waals surface area contributed by atoms with Crippen molar-refractivity contribution in [3.8, 4) is 5.75 Å². The van der Waals surface area contributed by atoms with Gasteiger partial charge in [0.15, 0.2) is 0 Å². The van der Waals surface area contributed by atoms with Gasteiger partial charge in [-0.15, -0.1) is 0 Å². The number of rotatable bonds is 4. The lowest BCUT2D eigenvalue weighted by molar-refractivity contribution is -0.141. The third kappa shape index (κ3) is 3.63. The fourth-order valence-electron chi connectivity index (χ4n) is 3.59. The highest BCUT2D eigenvalue weighted by Crippen LogP contribution is 2.30. The first-order chi connectivity index (χ1) is 11.1. The normalized spacial score (nSPS) is 25.3. The van der Waals surface area contributed by atoms with Gasteiger partial charge in [0.1, 0.15) is 17.9 Å². The first-order valence-electron chi connectivity index (χ1n) is 8.31. The molecule has 23 heavy (non-hydrogen) atoms. The van der Waals surface area contributed by atoms with Gasteiger partial charge in [0.2, 0.25) is 11.8 Å². The maximum Gasteiger partial charge on any atom is 0.240 e. The predicted molar refractivity (Wildman–Crippen MR) is 84.5 cm³/mol. The maximum atomic E-state index is 12.8. The topological polar surface area (TPSA) is 85.5 Å². The first-order valence-corrected chi connectivity index (χ1v) is 8.31. The average Bonchev–Trinajstić information content (AvgIpc) is 3.00. The van der Waals surface area contributed by atoms with Crippen molar-refractivity contribution in [3.63, 3.8) is 0 Å². The van der Waals surface area contributed by atoms with Gasteiger partial charge in [-0.1, -0.05) is 19.3 Å². The van der Waals surface area contributed by atoms with Gasteiger partial charge in [-0.05, 0) is 25.0 Å². The van der Waals surface area contributed by atoms with E-state index in [-0.39, 0.29) is 17.9 Å². The minimum atomic E-state index is -0.564. The Morgan fingerprint density at radius 3 is 2.70 bits per heavy atom. The van der Waals surface area contributed by atoms with Crippen LogP contribution in [0.2, 0.25) is 0 Å². The lowest BCUT2D eigenvalue weighted by Gasteiger charge is -2.29. The van der Waals surface area contributed by atoms with Crippen molar-refractivity contribution in [1.82, 2.24) is 9.88 Å². The van der Waals surface area contributed by atoms with Crippen molar-refractivity contribution in [3.05, 3.63) is 24.5 Å². The molecule has 1 saturated carbocycles. The number of pyridine rings is 1. The zero-order chi connectivity index (χ0) is 16.2. The van der Waals surface area contributed by atoms with Crippen LogP contribution in [0.25, 0.3) is 0 Å². The summed E-state index contributed by atoms with van der Waals surface area (Å²) in [5.74, 6) is 0.285. The van der Waals surface area contributed by atoms with Crippen molar-refractivity contribution in [2.75, 3.05) is 6.54 Å². The molecular formula is C17H23N3O3. The Kier molecular flexibility index (Phi) is 4.79. The number of ether oxygens (including phenoxy) is 1. The molecular weight excluding hydrogens is 294 g/mol. The standard InChI is InChI=1S/C17H23N3O3/c18-16(21)15-9-14(23-13-7-4-8-19-10-13)11-20(15)17(22)12-5-2-1-3-6-12/h4,7-8,10,12,14-15H,1-3,5-6,9,11H2,(H2,18,21)/t14-,15-/m0/s1. The third-order valence-corrected chi connectivity index (χ3v) is 4.77. The Balaban J connectivity index is 1.68. The van der Waals surface area contributed by atoms with Gasteiger partial charge in [0.05, 0.1) is 12.7 Å². The van der Waals surface area contributed by atoms with E-state index in [0.29, 0.717) is 18.7 Å². The van der Waals surface area contributed by atoms with Crippen LogP contribution in [0.4, 0.5) is 0 Å². The number of carbonyl (C=O) groups excluding carboxylic acids is 2. The fourth-order valence-corrected chi connectivity index (χ4v) is 3.59. The van der Waals surface area contributed by atoms with Crippen LogP contribution in [-0.4, -0.2) is 40.4 Å². The van der Waals surface area contributed by atoms with Crippen LogP contribution in [0.3, 0.4) is 0 Å². The number of likely N-dealkylation sites (tertiary alicyclic amines) is 1. The Labute approximate surface area is 136 Å².